The number of hydrogen-bond acceptors (Lipinski definition) is 3. The fraction of sp³-hybridized carbons (Fsp3) is 0.545. The molecule has 1 aromatic heterocycles. The van der Waals surface area contributed by atoms with Crippen molar-refractivity contribution in [1.29, 1.82) is 0 Å². The summed E-state index contributed by atoms with van der Waals surface area (Å²) in [5.41, 5.74) is 2.78. The Morgan fingerprint density at radius 3 is 2.74 bits per heavy atom. The van der Waals surface area contributed by atoms with Crippen LogP contribution >= 0.6 is 0 Å². The van der Waals surface area contributed by atoms with Gasteiger partial charge in [-0.1, -0.05) is 24.3 Å². The van der Waals surface area contributed by atoms with Crippen LogP contribution in [0, 0.1) is 5.92 Å². The summed E-state index contributed by atoms with van der Waals surface area (Å²) in [7, 11) is 1.73. The van der Waals surface area contributed by atoms with Gasteiger partial charge in [-0.05, 0) is 43.2 Å². The molecular weight excluding hydrogens is 338 g/mol. The third-order valence-corrected chi connectivity index (χ3v) is 6.15. The number of piperidine rings is 1. The van der Waals surface area contributed by atoms with Crippen LogP contribution in [0.15, 0.2) is 36.7 Å². The van der Waals surface area contributed by atoms with Crippen molar-refractivity contribution in [2.24, 2.45) is 5.92 Å². The molecule has 27 heavy (non-hydrogen) atoms. The van der Waals surface area contributed by atoms with Crippen LogP contribution in [0.1, 0.15) is 42.1 Å². The van der Waals surface area contributed by atoms with Crippen molar-refractivity contribution in [2.45, 2.75) is 44.6 Å². The van der Waals surface area contributed by atoms with Gasteiger partial charge in [0.15, 0.2) is 0 Å². The third kappa shape index (κ3) is 3.93. The van der Waals surface area contributed by atoms with Crippen molar-refractivity contribution in [2.75, 3.05) is 26.8 Å². The van der Waals surface area contributed by atoms with Gasteiger partial charge >= 0.3 is 0 Å². The lowest BCUT2D eigenvalue weighted by Crippen LogP contribution is -2.43. The van der Waals surface area contributed by atoms with E-state index in [-0.39, 0.29) is 5.92 Å². The minimum atomic E-state index is 0.153. The number of imidazole rings is 1. The predicted molar refractivity (Wildman–Crippen MR) is 105 cm³/mol. The molecule has 1 aliphatic heterocycles. The highest BCUT2D eigenvalue weighted by Gasteiger charge is 2.31. The van der Waals surface area contributed by atoms with Gasteiger partial charge in [-0.3, -0.25) is 4.79 Å². The highest BCUT2D eigenvalue weighted by Crippen LogP contribution is 2.31. The molecular formula is C22H29N3O2. The van der Waals surface area contributed by atoms with Crippen LogP contribution < -0.4 is 0 Å². The fourth-order valence-corrected chi connectivity index (χ4v) is 4.58. The summed E-state index contributed by atoms with van der Waals surface area (Å²) in [4.78, 5) is 19.7. The Bertz CT molecular complexity index is 777. The molecule has 1 aromatic carbocycles. The lowest BCUT2D eigenvalue weighted by molar-refractivity contribution is -0.137. The largest absolute Gasteiger partial charge is 0.383 e. The van der Waals surface area contributed by atoms with E-state index < -0.39 is 0 Å². The molecule has 1 fully saturated rings. The zero-order valence-corrected chi connectivity index (χ0v) is 16.1. The number of benzene rings is 1. The maximum absolute atomic E-state index is 13.1. The first-order chi connectivity index (χ1) is 13.3. The van der Waals surface area contributed by atoms with E-state index in [0.717, 1.165) is 57.6 Å². The van der Waals surface area contributed by atoms with Gasteiger partial charge in [0.25, 0.3) is 0 Å². The number of carbonyl (C=O) groups is 1. The highest BCUT2D eigenvalue weighted by molar-refractivity contribution is 5.79. The monoisotopic (exact) mass is 367 g/mol. The normalized spacial score (nSPS) is 20.5. The van der Waals surface area contributed by atoms with E-state index in [0.29, 0.717) is 18.4 Å². The quantitative estimate of drug-likeness (QED) is 0.816. The Labute approximate surface area is 161 Å². The smallest absolute Gasteiger partial charge is 0.226 e. The molecule has 2 aliphatic rings. The SMILES string of the molecule is COCCn1ccnc1C1CCN(C(=O)[C@@H]2CCc3ccccc3C2)CC1. The summed E-state index contributed by atoms with van der Waals surface area (Å²) >= 11 is 0. The van der Waals surface area contributed by atoms with Crippen molar-refractivity contribution in [3.8, 4) is 0 Å². The van der Waals surface area contributed by atoms with Gasteiger partial charge in [-0.25, -0.2) is 4.98 Å². The zero-order chi connectivity index (χ0) is 18.6. The molecule has 144 valence electrons. The van der Waals surface area contributed by atoms with E-state index in [1.54, 1.807) is 7.11 Å². The Morgan fingerprint density at radius 1 is 1.19 bits per heavy atom. The van der Waals surface area contributed by atoms with Gasteiger partial charge < -0.3 is 14.2 Å². The number of methoxy groups -OCH3 is 1. The molecule has 1 saturated heterocycles. The number of fused-ring (bicyclic) bond motifs is 1. The average Bonchev–Trinajstić information content (AvgIpc) is 3.20. The van der Waals surface area contributed by atoms with E-state index in [2.05, 4.69) is 38.7 Å². The molecule has 5 nitrogen and oxygen atoms in total. The van der Waals surface area contributed by atoms with E-state index in [1.807, 2.05) is 12.4 Å². The van der Waals surface area contributed by atoms with Crippen LogP contribution in [0.3, 0.4) is 0 Å². The van der Waals surface area contributed by atoms with Crippen molar-refractivity contribution >= 4 is 5.91 Å². The van der Waals surface area contributed by atoms with Gasteiger partial charge in [0.1, 0.15) is 5.82 Å². The van der Waals surface area contributed by atoms with Crippen LogP contribution in [0.2, 0.25) is 0 Å². The first kappa shape index (κ1) is 18.2. The maximum atomic E-state index is 13.1. The zero-order valence-electron chi connectivity index (χ0n) is 16.1. The van der Waals surface area contributed by atoms with Crippen molar-refractivity contribution in [3.63, 3.8) is 0 Å². The first-order valence-electron chi connectivity index (χ1n) is 10.1. The van der Waals surface area contributed by atoms with Crippen LogP contribution in [0.5, 0.6) is 0 Å². The molecule has 0 saturated carbocycles. The van der Waals surface area contributed by atoms with Crippen LogP contribution in [-0.2, 0) is 28.9 Å². The van der Waals surface area contributed by atoms with E-state index in [1.165, 1.54) is 11.1 Å². The Morgan fingerprint density at radius 2 is 1.96 bits per heavy atom. The molecule has 0 unspecified atom stereocenters. The molecule has 1 aliphatic carbocycles. The Hall–Kier alpha value is -2.14. The number of ether oxygens (including phenoxy) is 1. The molecule has 0 radical (unpaired) electrons. The summed E-state index contributed by atoms with van der Waals surface area (Å²) < 4.78 is 7.39. The van der Waals surface area contributed by atoms with Gasteiger partial charge in [-0.2, -0.15) is 0 Å². The first-order valence-corrected chi connectivity index (χ1v) is 10.1. The van der Waals surface area contributed by atoms with Crippen molar-refractivity contribution in [3.05, 3.63) is 53.6 Å². The predicted octanol–water partition coefficient (Wildman–Crippen LogP) is 3.04. The molecule has 2 heterocycles. The summed E-state index contributed by atoms with van der Waals surface area (Å²) in [6.45, 7) is 3.23. The summed E-state index contributed by atoms with van der Waals surface area (Å²) in [6.07, 6.45) is 8.82. The maximum Gasteiger partial charge on any atom is 0.226 e. The lowest BCUT2D eigenvalue weighted by atomic mass is 9.82. The summed E-state index contributed by atoms with van der Waals surface area (Å²) in [6, 6.07) is 8.57. The van der Waals surface area contributed by atoms with Crippen LogP contribution in [0.25, 0.3) is 0 Å². The summed E-state index contributed by atoms with van der Waals surface area (Å²) in [5, 5.41) is 0. The lowest BCUT2D eigenvalue weighted by Gasteiger charge is -2.35. The molecule has 4 rings (SSSR count). The Kier molecular flexibility index (Phi) is 5.58. The number of likely N-dealkylation sites (tertiary alicyclic amines) is 1. The molecule has 0 spiro atoms. The molecule has 0 N–H and O–H groups in total. The van der Waals surface area contributed by atoms with Gasteiger partial charge in [-0.15, -0.1) is 0 Å². The second-order valence-corrected chi connectivity index (χ2v) is 7.78. The van der Waals surface area contributed by atoms with Gasteiger partial charge in [0, 0.05) is 51.0 Å². The average molecular weight is 367 g/mol. The van der Waals surface area contributed by atoms with E-state index >= 15 is 0 Å². The van der Waals surface area contributed by atoms with E-state index in [9.17, 15) is 4.79 Å². The van der Waals surface area contributed by atoms with E-state index in [4.69, 9.17) is 4.74 Å². The molecule has 2 aromatic rings. The number of amides is 1. The molecule has 0 bridgehead atoms. The molecule has 1 atom stereocenters. The van der Waals surface area contributed by atoms with Gasteiger partial charge in [0.05, 0.1) is 6.61 Å². The van der Waals surface area contributed by atoms with Crippen molar-refractivity contribution in [1.82, 2.24) is 14.5 Å². The fourth-order valence-electron chi connectivity index (χ4n) is 4.58. The minimum absolute atomic E-state index is 0.153. The second kappa shape index (κ2) is 8.26. The van der Waals surface area contributed by atoms with Crippen LogP contribution in [-0.4, -0.2) is 47.2 Å². The Balaban J connectivity index is 1.34. The number of rotatable bonds is 5. The van der Waals surface area contributed by atoms with Gasteiger partial charge in [0.2, 0.25) is 5.91 Å². The molecule has 5 heteroatoms. The second-order valence-electron chi connectivity index (χ2n) is 7.78. The number of aromatic nitrogens is 2. The number of carbonyl (C=O) groups excluding carboxylic acids is 1. The standard InChI is InChI=1S/C22H29N3O2/c1-27-15-14-24-13-10-23-21(24)18-8-11-25(12-9-18)22(26)20-7-6-17-4-2-3-5-19(17)16-20/h2-5,10,13,18,20H,6-9,11-12,14-16H2,1H3/t20-/m1/s1. The topological polar surface area (TPSA) is 47.4 Å². The molecule has 1 amide bonds. The third-order valence-electron chi connectivity index (χ3n) is 6.15. The number of nitrogens with zero attached hydrogens (tertiary/aromatic N) is 3. The highest BCUT2D eigenvalue weighted by atomic mass is 16.5. The minimum Gasteiger partial charge on any atom is -0.383 e. The summed E-state index contributed by atoms with van der Waals surface area (Å²) in [5.74, 6) is 2.09. The number of aryl methyl sites for hydroxylation is 1. The van der Waals surface area contributed by atoms with Crippen LogP contribution in [0.4, 0.5) is 0 Å². The van der Waals surface area contributed by atoms with Crippen molar-refractivity contribution < 1.29 is 9.53 Å². The number of hydrogen-bond donors (Lipinski definition) is 0.